The van der Waals surface area contributed by atoms with Crippen LogP contribution in [0.4, 0.5) is 36.8 Å². The summed E-state index contributed by atoms with van der Waals surface area (Å²) in [6, 6.07) is 4.45. The van der Waals surface area contributed by atoms with Crippen LogP contribution >= 0.6 is 23.2 Å². The summed E-state index contributed by atoms with van der Waals surface area (Å²) in [5.74, 6) is -0.944. The Bertz CT molecular complexity index is 1410. The van der Waals surface area contributed by atoms with Crippen LogP contribution in [0.25, 0.3) is 0 Å². The minimum atomic E-state index is -5.08. The quantitative estimate of drug-likeness (QED) is 0.322. The van der Waals surface area contributed by atoms with Crippen LogP contribution in [0.1, 0.15) is 48.8 Å². The zero-order valence-corrected chi connectivity index (χ0v) is 26.2. The van der Waals surface area contributed by atoms with Crippen molar-refractivity contribution in [1.82, 2.24) is 14.7 Å². The molecule has 7 nitrogen and oxygen atoms in total. The molecule has 4 rings (SSSR count). The molecular formula is C30H32Cl2F6N4O3. The Morgan fingerprint density at radius 3 is 1.87 bits per heavy atom. The van der Waals surface area contributed by atoms with Crippen molar-refractivity contribution in [3.8, 4) is 0 Å². The van der Waals surface area contributed by atoms with Gasteiger partial charge in [0.1, 0.15) is 0 Å². The lowest BCUT2D eigenvalue weighted by atomic mass is 9.84. The summed E-state index contributed by atoms with van der Waals surface area (Å²) in [7, 11) is 2.52. The number of likely N-dealkylation sites (tertiary alicyclic amines) is 2. The zero-order chi connectivity index (χ0) is 33.4. The maximum atomic E-state index is 13.6. The molecule has 45 heavy (non-hydrogen) atoms. The number of piperidine rings is 2. The van der Waals surface area contributed by atoms with Gasteiger partial charge >= 0.3 is 18.4 Å². The number of alkyl halides is 6. The maximum Gasteiger partial charge on any atom is 0.416 e. The first-order chi connectivity index (χ1) is 20.9. The average Bonchev–Trinajstić information content (AvgIpc) is 2.99. The topological polar surface area (TPSA) is 64.2 Å². The molecule has 15 heteroatoms. The Hall–Kier alpha value is -3.19. The van der Waals surface area contributed by atoms with Crippen LogP contribution in [0.3, 0.4) is 0 Å². The third-order valence-electron chi connectivity index (χ3n) is 8.60. The Labute approximate surface area is 266 Å². The molecule has 0 saturated carbocycles. The molecular weight excluding hydrogens is 649 g/mol. The highest BCUT2D eigenvalue weighted by Crippen LogP contribution is 2.39. The monoisotopic (exact) mass is 680 g/mol. The molecule has 0 aliphatic carbocycles. The minimum absolute atomic E-state index is 0.00250. The first-order valence-corrected chi connectivity index (χ1v) is 14.9. The van der Waals surface area contributed by atoms with Gasteiger partial charge in [-0.25, -0.2) is 4.79 Å². The lowest BCUT2D eigenvalue weighted by Gasteiger charge is -2.45. The molecule has 0 aromatic heterocycles. The van der Waals surface area contributed by atoms with Crippen LogP contribution in [-0.4, -0.2) is 78.9 Å². The molecule has 2 atom stereocenters. The Morgan fingerprint density at radius 1 is 0.800 bits per heavy atom. The van der Waals surface area contributed by atoms with E-state index >= 15 is 0 Å². The van der Waals surface area contributed by atoms with E-state index in [9.17, 15) is 40.7 Å². The first-order valence-electron chi connectivity index (χ1n) is 14.2. The van der Waals surface area contributed by atoms with Crippen molar-refractivity contribution < 1.29 is 40.7 Å². The molecule has 2 heterocycles. The van der Waals surface area contributed by atoms with E-state index < -0.39 is 47.2 Å². The van der Waals surface area contributed by atoms with Gasteiger partial charge in [-0.05, 0) is 55.2 Å². The molecule has 0 bridgehead atoms. The average molecular weight is 682 g/mol. The van der Waals surface area contributed by atoms with Gasteiger partial charge in [0.2, 0.25) is 11.8 Å². The number of nitrogens with zero attached hydrogens (tertiary/aromatic N) is 4. The SMILES string of the molecule is CC(=O)N1CCC(C(=O)N2CCC(N(C)C(=O)N(C)c3cc(C(F)(F)F)cc(C(F)(F)F)c3)C(c3ccc(Cl)c(Cl)c3)C2)CC1. The molecule has 0 spiro atoms. The number of hydrogen-bond donors (Lipinski definition) is 0. The predicted octanol–water partition coefficient (Wildman–Crippen LogP) is 7.16. The van der Waals surface area contributed by atoms with E-state index in [1.807, 2.05) is 0 Å². The summed E-state index contributed by atoms with van der Waals surface area (Å²) < 4.78 is 80.9. The smallest absolute Gasteiger partial charge is 0.343 e. The Morgan fingerprint density at radius 2 is 1.36 bits per heavy atom. The van der Waals surface area contributed by atoms with Gasteiger partial charge in [0.25, 0.3) is 0 Å². The Kier molecular flexibility index (Phi) is 10.2. The molecule has 246 valence electrons. The number of urea groups is 1. The van der Waals surface area contributed by atoms with Gasteiger partial charge in [-0.15, -0.1) is 0 Å². The number of hydrogen-bond acceptors (Lipinski definition) is 3. The van der Waals surface area contributed by atoms with Crippen molar-refractivity contribution in [1.29, 1.82) is 0 Å². The fraction of sp³-hybridized carbons (Fsp3) is 0.500. The lowest BCUT2D eigenvalue weighted by Crippen LogP contribution is -2.55. The van der Waals surface area contributed by atoms with Crippen molar-refractivity contribution in [2.24, 2.45) is 5.92 Å². The summed E-state index contributed by atoms with van der Waals surface area (Å²) in [5.41, 5.74) is -3.00. The fourth-order valence-electron chi connectivity index (χ4n) is 5.99. The van der Waals surface area contributed by atoms with Gasteiger partial charge in [-0.3, -0.25) is 14.5 Å². The number of rotatable bonds is 4. The van der Waals surface area contributed by atoms with Gasteiger partial charge in [-0.1, -0.05) is 29.3 Å². The summed E-state index contributed by atoms with van der Waals surface area (Å²) in [5, 5.41) is 0.523. The maximum absolute atomic E-state index is 13.6. The molecule has 2 aromatic rings. The van der Waals surface area contributed by atoms with E-state index in [4.69, 9.17) is 23.2 Å². The largest absolute Gasteiger partial charge is 0.416 e. The van der Waals surface area contributed by atoms with Gasteiger partial charge in [0.05, 0.1) is 21.2 Å². The van der Waals surface area contributed by atoms with E-state index in [0.29, 0.717) is 43.6 Å². The van der Waals surface area contributed by atoms with E-state index in [0.717, 1.165) is 11.9 Å². The third kappa shape index (κ3) is 7.79. The molecule has 2 aromatic carbocycles. The highest BCUT2D eigenvalue weighted by molar-refractivity contribution is 6.42. The second kappa shape index (κ2) is 13.3. The van der Waals surface area contributed by atoms with Crippen LogP contribution < -0.4 is 4.90 Å². The number of benzene rings is 2. The number of anilines is 1. The highest BCUT2D eigenvalue weighted by atomic mass is 35.5. The number of likely N-dealkylation sites (N-methyl/N-ethyl adjacent to an activating group) is 1. The normalized spacial score (nSPS) is 19.8. The van der Waals surface area contributed by atoms with Crippen LogP contribution in [0.2, 0.25) is 10.0 Å². The van der Waals surface area contributed by atoms with Crippen LogP contribution in [0, 0.1) is 5.92 Å². The van der Waals surface area contributed by atoms with Crippen LogP contribution in [-0.2, 0) is 21.9 Å². The van der Waals surface area contributed by atoms with Gasteiger partial charge in [-0.2, -0.15) is 26.3 Å². The van der Waals surface area contributed by atoms with E-state index in [2.05, 4.69) is 0 Å². The standard InChI is InChI=1S/C30H32Cl2F6N4O3/c1-17(43)41-9-6-18(7-10-41)27(44)42-11-8-26(23(16-42)19-4-5-24(31)25(32)12-19)40(3)28(45)39(2)22-14-20(29(33,34)35)13-21(15-22)30(36,37)38/h4-5,12-15,18,23,26H,6-11,16H2,1-3H3. The summed E-state index contributed by atoms with van der Waals surface area (Å²) in [4.78, 5) is 44.3. The van der Waals surface area contributed by atoms with E-state index in [1.165, 1.54) is 18.9 Å². The first kappa shape index (κ1) is 34.7. The zero-order valence-electron chi connectivity index (χ0n) is 24.7. The fourth-order valence-corrected chi connectivity index (χ4v) is 6.30. The third-order valence-corrected chi connectivity index (χ3v) is 9.33. The molecule has 0 N–H and O–H groups in total. The van der Waals surface area contributed by atoms with Gasteiger partial charge in [0.15, 0.2) is 0 Å². The molecule has 2 fully saturated rings. The predicted molar refractivity (Wildman–Crippen MR) is 157 cm³/mol. The molecule has 0 radical (unpaired) electrons. The minimum Gasteiger partial charge on any atom is -0.343 e. The van der Waals surface area contributed by atoms with Gasteiger partial charge < -0.3 is 14.7 Å². The number of amides is 4. The number of carbonyl (C=O) groups excluding carboxylic acids is 3. The van der Waals surface area contributed by atoms with Crippen molar-refractivity contribution in [2.45, 2.75) is 50.5 Å². The van der Waals surface area contributed by atoms with Crippen molar-refractivity contribution in [3.05, 3.63) is 63.1 Å². The van der Waals surface area contributed by atoms with E-state index in [-0.39, 0.29) is 53.4 Å². The second-order valence-electron chi connectivity index (χ2n) is 11.4. The van der Waals surface area contributed by atoms with Crippen molar-refractivity contribution in [2.75, 3.05) is 45.2 Å². The molecule has 2 saturated heterocycles. The summed E-state index contributed by atoms with van der Waals surface area (Å²) in [6.07, 6.45) is -8.86. The second-order valence-corrected chi connectivity index (χ2v) is 12.2. The molecule has 2 unspecified atom stereocenters. The van der Waals surface area contributed by atoms with Crippen LogP contribution in [0.15, 0.2) is 36.4 Å². The number of carbonyl (C=O) groups is 3. The summed E-state index contributed by atoms with van der Waals surface area (Å²) in [6.45, 7) is 2.85. The van der Waals surface area contributed by atoms with Gasteiger partial charge in [0, 0.05) is 70.8 Å². The Balaban J connectivity index is 1.61. The lowest BCUT2D eigenvalue weighted by molar-refractivity contribution is -0.143. The molecule has 2 aliphatic heterocycles. The van der Waals surface area contributed by atoms with Crippen LogP contribution in [0.5, 0.6) is 0 Å². The highest BCUT2D eigenvalue weighted by Gasteiger charge is 2.41. The van der Waals surface area contributed by atoms with Crippen molar-refractivity contribution in [3.63, 3.8) is 0 Å². The summed E-state index contributed by atoms with van der Waals surface area (Å²) >= 11 is 12.4. The van der Waals surface area contributed by atoms with E-state index in [1.54, 1.807) is 28.0 Å². The van der Waals surface area contributed by atoms with Crippen molar-refractivity contribution >= 4 is 46.7 Å². The molecule has 4 amide bonds. The number of halogens is 8. The molecule has 2 aliphatic rings.